The van der Waals surface area contributed by atoms with Gasteiger partial charge in [0.2, 0.25) is 0 Å². The molecule has 0 unspecified atom stereocenters. The molecule has 0 radical (unpaired) electrons. The van der Waals surface area contributed by atoms with Crippen molar-refractivity contribution in [3.63, 3.8) is 0 Å². The molecule has 1 heterocycles. The number of rotatable bonds is 0. The van der Waals surface area contributed by atoms with Crippen LogP contribution in [0.2, 0.25) is 5.02 Å². The monoisotopic (exact) mass is 198 g/mol. The van der Waals surface area contributed by atoms with Crippen LogP contribution in [0, 0.1) is 6.92 Å². The van der Waals surface area contributed by atoms with Gasteiger partial charge in [0, 0.05) is 10.1 Å². The van der Waals surface area contributed by atoms with Crippen molar-refractivity contribution >= 4 is 33.0 Å². The molecule has 0 saturated carbocycles. The minimum absolute atomic E-state index is 0.158. The minimum Gasteiger partial charge on any atom is -0.506 e. The average Bonchev–Trinajstić information content (AvgIpc) is 2.41. The fourth-order valence-electron chi connectivity index (χ4n) is 1.22. The molecule has 0 atom stereocenters. The molecular weight excluding hydrogens is 192 g/mol. The predicted octanol–water partition coefficient (Wildman–Crippen LogP) is 3.57. The Labute approximate surface area is 79.2 Å². The van der Waals surface area contributed by atoms with Gasteiger partial charge in [0.15, 0.2) is 0 Å². The highest BCUT2D eigenvalue weighted by Gasteiger charge is 2.07. The number of aromatic hydroxyl groups is 1. The number of halogens is 1. The maximum absolute atomic E-state index is 9.33. The van der Waals surface area contributed by atoms with Crippen LogP contribution in [0.1, 0.15) is 5.56 Å². The summed E-state index contributed by atoms with van der Waals surface area (Å²) in [7, 11) is 0. The van der Waals surface area contributed by atoms with Crippen molar-refractivity contribution in [3.8, 4) is 5.75 Å². The van der Waals surface area contributed by atoms with Gasteiger partial charge < -0.3 is 5.11 Å². The zero-order valence-electron chi connectivity index (χ0n) is 6.47. The van der Waals surface area contributed by atoms with Gasteiger partial charge in [0.25, 0.3) is 0 Å². The van der Waals surface area contributed by atoms with E-state index in [0.29, 0.717) is 5.02 Å². The largest absolute Gasteiger partial charge is 0.506 e. The molecule has 0 saturated heterocycles. The van der Waals surface area contributed by atoms with Crippen molar-refractivity contribution in [1.29, 1.82) is 0 Å². The van der Waals surface area contributed by atoms with E-state index in [4.69, 9.17) is 11.6 Å². The van der Waals surface area contributed by atoms with Crippen molar-refractivity contribution in [3.05, 3.63) is 28.1 Å². The first-order chi connectivity index (χ1) is 5.70. The topological polar surface area (TPSA) is 20.2 Å². The number of hydrogen-bond donors (Lipinski definition) is 1. The molecule has 0 bridgehead atoms. The summed E-state index contributed by atoms with van der Waals surface area (Å²) in [5, 5.41) is 12.8. The zero-order chi connectivity index (χ0) is 8.72. The van der Waals surface area contributed by atoms with E-state index in [1.54, 1.807) is 17.4 Å². The lowest BCUT2D eigenvalue weighted by Gasteiger charge is -1.98. The van der Waals surface area contributed by atoms with E-state index in [-0.39, 0.29) is 5.75 Å². The minimum atomic E-state index is 0.158. The van der Waals surface area contributed by atoms with Gasteiger partial charge >= 0.3 is 0 Å². The Morgan fingerprint density at radius 3 is 2.92 bits per heavy atom. The van der Waals surface area contributed by atoms with Crippen molar-refractivity contribution in [2.75, 3.05) is 0 Å². The number of benzene rings is 1. The van der Waals surface area contributed by atoms with Gasteiger partial charge in [-0.1, -0.05) is 11.6 Å². The molecule has 0 fully saturated rings. The second-order valence-corrected chi connectivity index (χ2v) is 3.98. The molecular formula is C9H7ClOS. The fraction of sp³-hybridized carbons (Fsp3) is 0.111. The summed E-state index contributed by atoms with van der Waals surface area (Å²) in [4.78, 5) is 0. The third-order valence-electron chi connectivity index (χ3n) is 1.84. The van der Waals surface area contributed by atoms with E-state index in [2.05, 4.69) is 0 Å². The van der Waals surface area contributed by atoms with E-state index in [0.717, 1.165) is 15.6 Å². The van der Waals surface area contributed by atoms with Crippen LogP contribution in [0.4, 0.5) is 0 Å². The predicted molar refractivity (Wildman–Crippen MR) is 53.2 cm³/mol. The molecule has 1 aromatic heterocycles. The second-order valence-electron chi connectivity index (χ2n) is 2.69. The Hall–Kier alpha value is -0.730. The highest BCUT2D eigenvalue weighted by atomic mass is 35.5. The van der Waals surface area contributed by atoms with E-state index in [1.165, 1.54) is 0 Å². The van der Waals surface area contributed by atoms with Crippen molar-refractivity contribution in [2.24, 2.45) is 0 Å². The summed E-state index contributed by atoms with van der Waals surface area (Å²) < 4.78 is 1.12. The molecule has 1 aromatic carbocycles. The number of hydrogen-bond acceptors (Lipinski definition) is 2. The third-order valence-corrected chi connectivity index (χ3v) is 3.29. The number of thiophene rings is 1. The highest BCUT2D eigenvalue weighted by Crippen LogP contribution is 2.36. The van der Waals surface area contributed by atoms with Gasteiger partial charge in [-0.05, 0) is 30.0 Å². The molecule has 0 aliphatic carbocycles. The molecule has 3 heteroatoms. The van der Waals surface area contributed by atoms with E-state index < -0.39 is 0 Å². The standard InChI is InChI=1S/C9H7ClOS/c1-5-4-12-7-3-2-6(11)9(10)8(5)7/h2-4,11H,1H3. The highest BCUT2D eigenvalue weighted by molar-refractivity contribution is 7.17. The third kappa shape index (κ3) is 0.993. The van der Waals surface area contributed by atoms with Crippen molar-refractivity contribution in [2.45, 2.75) is 6.92 Å². The molecule has 0 amide bonds. The smallest absolute Gasteiger partial charge is 0.134 e. The molecule has 62 valence electrons. The Balaban J connectivity index is 2.96. The Kier molecular flexibility index (Phi) is 1.74. The van der Waals surface area contributed by atoms with Crippen molar-refractivity contribution in [1.82, 2.24) is 0 Å². The summed E-state index contributed by atoms with van der Waals surface area (Å²) in [5.41, 5.74) is 1.12. The van der Waals surface area contributed by atoms with Crippen LogP contribution in [0.15, 0.2) is 17.5 Å². The molecule has 0 aliphatic heterocycles. The maximum atomic E-state index is 9.33. The van der Waals surface area contributed by atoms with Crippen LogP contribution in [-0.2, 0) is 0 Å². The lowest BCUT2D eigenvalue weighted by atomic mass is 10.2. The normalized spacial score (nSPS) is 10.8. The number of aryl methyl sites for hydroxylation is 1. The number of phenols is 1. The van der Waals surface area contributed by atoms with Crippen LogP contribution >= 0.6 is 22.9 Å². The molecule has 1 nitrogen and oxygen atoms in total. The Morgan fingerprint density at radius 1 is 1.42 bits per heavy atom. The maximum Gasteiger partial charge on any atom is 0.134 e. The van der Waals surface area contributed by atoms with Gasteiger partial charge in [-0.15, -0.1) is 11.3 Å². The fourth-order valence-corrected chi connectivity index (χ4v) is 2.54. The summed E-state index contributed by atoms with van der Waals surface area (Å²) in [6.45, 7) is 1.99. The molecule has 0 aliphatic rings. The summed E-state index contributed by atoms with van der Waals surface area (Å²) in [5.74, 6) is 0.158. The lowest BCUT2D eigenvalue weighted by molar-refractivity contribution is 0.476. The Morgan fingerprint density at radius 2 is 2.17 bits per heavy atom. The first kappa shape index (κ1) is 7.90. The van der Waals surface area contributed by atoms with Crippen LogP contribution in [0.5, 0.6) is 5.75 Å². The molecule has 0 spiro atoms. The molecule has 1 N–H and O–H groups in total. The van der Waals surface area contributed by atoms with Crippen molar-refractivity contribution < 1.29 is 5.11 Å². The lowest BCUT2D eigenvalue weighted by Crippen LogP contribution is -1.72. The molecule has 12 heavy (non-hydrogen) atoms. The van der Waals surface area contributed by atoms with Gasteiger partial charge in [0.05, 0.1) is 5.02 Å². The van der Waals surface area contributed by atoms with Crippen LogP contribution in [0.3, 0.4) is 0 Å². The Bertz CT molecular complexity index is 433. The number of fused-ring (bicyclic) bond motifs is 1. The summed E-state index contributed by atoms with van der Waals surface area (Å²) >= 11 is 7.57. The van der Waals surface area contributed by atoms with Gasteiger partial charge in [-0.2, -0.15) is 0 Å². The van der Waals surface area contributed by atoms with Crippen LogP contribution < -0.4 is 0 Å². The second kappa shape index (κ2) is 2.64. The molecule has 2 aromatic rings. The van der Waals surface area contributed by atoms with E-state index in [9.17, 15) is 5.11 Å². The SMILES string of the molecule is Cc1csc2ccc(O)c(Cl)c12. The van der Waals surface area contributed by atoms with E-state index in [1.807, 2.05) is 18.4 Å². The van der Waals surface area contributed by atoms with Crippen LogP contribution in [0.25, 0.3) is 10.1 Å². The summed E-state index contributed by atoms with van der Waals surface area (Å²) in [6, 6.07) is 3.51. The van der Waals surface area contributed by atoms with Gasteiger partial charge in [0.1, 0.15) is 5.75 Å². The number of phenolic OH excluding ortho intramolecular Hbond substituents is 1. The molecule has 2 rings (SSSR count). The summed E-state index contributed by atoms with van der Waals surface area (Å²) in [6.07, 6.45) is 0. The quantitative estimate of drug-likeness (QED) is 0.686. The first-order valence-corrected chi connectivity index (χ1v) is 4.81. The van der Waals surface area contributed by atoms with Gasteiger partial charge in [-0.25, -0.2) is 0 Å². The van der Waals surface area contributed by atoms with E-state index >= 15 is 0 Å². The van der Waals surface area contributed by atoms with Crippen LogP contribution in [-0.4, -0.2) is 5.11 Å². The average molecular weight is 199 g/mol. The van der Waals surface area contributed by atoms with Gasteiger partial charge in [-0.3, -0.25) is 0 Å². The zero-order valence-corrected chi connectivity index (χ0v) is 8.04. The first-order valence-electron chi connectivity index (χ1n) is 3.55.